The average Bonchev–Trinajstić information content (AvgIpc) is 3.38. The summed E-state index contributed by atoms with van der Waals surface area (Å²) in [4.78, 5) is 19.2. The summed E-state index contributed by atoms with van der Waals surface area (Å²) >= 11 is 0. The van der Waals surface area contributed by atoms with Gasteiger partial charge >= 0.3 is 29.6 Å². The number of nitrogens with one attached hydrogen (secondary N) is 2. The molecule has 1 aliphatic rings. The van der Waals surface area contributed by atoms with Gasteiger partial charge in [-0.2, -0.15) is 0 Å². The van der Waals surface area contributed by atoms with Crippen molar-refractivity contribution >= 4 is 37.0 Å². The topological polar surface area (TPSA) is 140 Å². The van der Waals surface area contributed by atoms with E-state index in [1.165, 1.54) is 24.3 Å². The summed E-state index contributed by atoms with van der Waals surface area (Å²) in [5.41, 5.74) is 1.59. The first kappa shape index (κ1) is 27.4. The molecule has 0 spiro atoms. The molecule has 186 valence electrons. The number of sulfonamides is 2. The van der Waals surface area contributed by atoms with Gasteiger partial charge in [0.2, 0.25) is 10.0 Å². The van der Waals surface area contributed by atoms with E-state index in [-0.39, 0.29) is 46.4 Å². The summed E-state index contributed by atoms with van der Waals surface area (Å²) in [6.45, 7) is 0. The van der Waals surface area contributed by atoms with Crippen LogP contribution in [0.5, 0.6) is 0 Å². The van der Waals surface area contributed by atoms with Gasteiger partial charge in [0.25, 0.3) is 0 Å². The zero-order valence-electron chi connectivity index (χ0n) is 19.6. The van der Waals surface area contributed by atoms with Gasteiger partial charge in [0.15, 0.2) is 0 Å². The van der Waals surface area contributed by atoms with E-state index in [2.05, 4.69) is 19.4 Å². The van der Waals surface area contributed by atoms with Gasteiger partial charge in [-0.1, -0.05) is 42.5 Å². The second-order valence-electron chi connectivity index (χ2n) is 8.38. The van der Waals surface area contributed by atoms with E-state index in [0.717, 1.165) is 6.07 Å². The number of fused-ring (bicyclic) bond motifs is 1. The zero-order chi connectivity index (χ0) is 25.5. The minimum absolute atomic E-state index is 0. The van der Waals surface area contributed by atoms with Gasteiger partial charge in [-0.05, 0) is 42.3 Å². The van der Waals surface area contributed by atoms with Gasteiger partial charge in [0.05, 0.1) is 33.1 Å². The van der Waals surface area contributed by atoms with Gasteiger partial charge in [0, 0.05) is 12.0 Å². The average molecular weight is 551 g/mol. The third-order valence-corrected chi connectivity index (χ3v) is 8.97. The number of halogens is 1. The predicted molar refractivity (Wildman–Crippen MR) is 130 cm³/mol. The molecule has 9 nitrogen and oxygen atoms in total. The predicted octanol–water partition coefficient (Wildman–Crippen LogP) is 0.643. The van der Waals surface area contributed by atoms with Crippen molar-refractivity contribution in [3.8, 4) is 0 Å². The normalized spacial score (nSPS) is 17.8. The second kappa shape index (κ2) is 10.6. The summed E-state index contributed by atoms with van der Waals surface area (Å²) < 4.78 is 71.1. The van der Waals surface area contributed by atoms with Crippen LogP contribution >= 0.6 is 0 Å². The number of rotatable bonds is 7. The molecule has 1 aliphatic heterocycles. The van der Waals surface area contributed by atoms with Crippen LogP contribution < -0.4 is 34.3 Å². The molecule has 1 saturated heterocycles. The molecule has 1 unspecified atom stereocenters. The molecule has 1 aromatic heterocycles. The maximum atomic E-state index is 15.0. The molecule has 1 amide bonds. The summed E-state index contributed by atoms with van der Waals surface area (Å²) in [7, 11) is -8.08. The number of aromatic amines is 1. The minimum atomic E-state index is -4.13. The number of hydrogen-bond acceptors (Lipinski definition) is 6. The number of imidazole rings is 1. The monoisotopic (exact) mass is 550 g/mol. The number of H-pyrrole nitrogens is 1. The smallest absolute Gasteiger partial charge is 0.545 e. The number of aromatic nitrogens is 2. The number of hydrogen-bond donors (Lipinski definition) is 2. The van der Waals surface area contributed by atoms with Crippen LogP contribution in [0.2, 0.25) is 0 Å². The standard InChI is InChI=1S/C24H21FN4O5S2.Na/c25-18-12-15(10-11-17(18)22-14-23(30)29-36(22,33)34)13-21(24-26-19-8-4-5-9-20(19)27-24)28-35(31,32)16-6-2-1-3-7-16;/h1-12,21-22,28H,13-14H2,(H2,26,27,29,30);/q;+1/p-1/t21-,22?;/m0./s1. The Balaban J connectivity index is 0.00000320. The van der Waals surface area contributed by atoms with Crippen LogP contribution in [0.15, 0.2) is 77.7 Å². The van der Waals surface area contributed by atoms with E-state index in [1.54, 1.807) is 36.4 Å². The molecule has 4 aromatic rings. The van der Waals surface area contributed by atoms with Crippen LogP contribution in [0.3, 0.4) is 0 Å². The molecule has 37 heavy (non-hydrogen) atoms. The Morgan fingerprint density at radius 2 is 1.78 bits per heavy atom. The third-order valence-electron chi connectivity index (χ3n) is 5.89. The molecule has 0 aliphatic carbocycles. The summed E-state index contributed by atoms with van der Waals surface area (Å²) in [5, 5.41) is -1.37. The Morgan fingerprint density at radius 3 is 2.43 bits per heavy atom. The Morgan fingerprint density at radius 1 is 1.08 bits per heavy atom. The first-order chi connectivity index (χ1) is 17.1. The van der Waals surface area contributed by atoms with E-state index >= 15 is 4.39 Å². The van der Waals surface area contributed by atoms with E-state index in [9.17, 15) is 21.6 Å². The van der Waals surface area contributed by atoms with E-state index in [0.29, 0.717) is 22.4 Å². The first-order valence-electron chi connectivity index (χ1n) is 10.9. The molecule has 2 heterocycles. The minimum Gasteiger partial charge on any atom is -0.545 e. The van der Waals surface area contributed by atoms with E-state index in [1.807, 2.05) is 6.07 Å². The Labute approximate surface area is 235 Å². The molecule has 3 aromatic carbocycles. The van der Waals surface area contributed by atoms with Crippen LogP contribution in [0.25, 0.3) is 15.8 Å². The van der Waals surface area contributed by atoms with Gasteiger partial charge in [-0.3, -0.25) is 0 Å². The molecule has 1 fully saturated rings. The van der Waals surface area contributed by atoms with Crippen molar-refractivity contribution in [2.75, 3.05) is 0 Å². The first-order valence-corrected chi connectivity index (χ1v) is 13.9. The fourth-order valence-corrected chi connectivity index (χ4v) is 6.73. The molecule has 2 atom stereocenters. The summed E-state index contributed by atoms with van der Waals surface area (Å²) in [6, 6.07) is 18.1. The Hall–Kier alpha value is -2.61. The van der Waals surface area contributed by atoms with Gasteiger partial charge in [-0.25, -0.2) is 30.9 Å². The van der Waals surface area contributed by atoms with Crippen molar-refractivity contribution in [3.63, 3.8) is 0 Å². The maximum absolute atomic E-state index is 15.0. The van der Waals surface area contributed by atoms with E-state index < -0.39 is 49.5 Å². The van der Waals surface area contributed by atoms with E-state index in [4.69, 9.17) is 0 Å². The van der Waals surface area contributed by atoms with Crippen molar-refractivity contribution in [2.45, 2.75) is 29.0 Å². The molecule has 2 N–H and O–H groups in total. The zero-order valence-corrected chi connectivity index (χ0v) is 23.3. The fraction of sp³-hybridized carbons (Fsp3) is 0.167. The number of carbonyl (C=O) groups excluding carboxylic acids is 1. The largest absolute Gasteiger partial charge is 1.00 e. The third kappa shape index (κ3) is 5.79. The number of benzene rings is 3. The van der Waals surface area contributed by atoms with Crippen LogP contribution in [0.4, 0.5) is 4.39 Å². The molecule has 0 bridgehead atoms. The second-order valence-corrected chi connectivity index (χ2v) is 11.9. The number of para-hydroxylation sites is 2. The maximum Gasteiger partial charge on any atom is 1.00 e. The molecular formula is C24H20FN4NaO5S2. The van der Waals surface area contributed by atoms with Gasteiger partial charge < -0.3 is 14.5 Å². The van der Waals surface area contributed by atoms with Crippen LogP contribution in [0.1, 0.15) is 34.7 Å². The van der Waals surface area contributed by atoms with Crippen molar-refractivity contribution in [3.05, 3.63) is 100 Å². The summed E-state index contributed by atoms with van der Waals surface area (Å²) in [6.07, 6.45) is -0.402. The molecule has 13 heteroatoms. The van der Waals surface area contributed by atoms with Gasteiger partial charge in [-0.15, -0.1) is 0 Å². The van der Waals surface area contributed by atoms with Crippen molar-refractivity contribution in [2.24, 2.45) is 0 Å². The fourth-order valence-electron chi connectivity index (χ4n) is 4.16. The van der Waals surface area contributed by atoms with Crippen LogP contribution in [-0.2, 0) is 31.3 Å². The van der Waals surface area contributed by atoms with Crippen LogP contribution in [0, 0.1) is 5.82 Å². The summed E-state index contributed by atoms with van der Waals surface area (Å²) in [5.74, 6) is -1.30. The SMILES string of the molecule is O=C1CC(c2ccc(C[C@H](NS(=O)(=O)c3ccccc3)c3nc4ccccc4[nH]3)cc2F)S(=O)(=O)[N-]1.[Na+]. The van der Waals surface area contributed by atoms with Gasteiger partial charge in [0.1, 0.15) is 21.7 Å². The molecule has 0 saturated carbocycles. The number of amides is 1. The molecule has 0 radical (unpaired) electrons. The quantitative estimate of drug-likeness (QED) is 0.324. The Bertz CT molecular complexity index is 1640. The number of carbonyl (C=O) groups is 1. The van der Waals surface area contributed by atoms with Crippen LogP contribution in [-0.4, -0.2) is 32.7 Å². The van der Waals surface area contributed by atoms with Crippen molar-refractivity contribution in [1.29, 1.82) is 0 Å². The van der Waals surface area contributed by atoms with Crippen molar-refractivity contribution < 1.29 is 55.6 Å². The molecular weight excluding hydrogens is 530 g/mol. The Kier molecular flexibility index (Phi) is 7.88. The number of nitrogens with zero attached hydrogens (tertiary/aromatic N) is 2. The van der Waals surface area contributed by atoms with Crippen molar-refractivity contribution in [1.82, 2.24) is 14.7 Å². The molecule has 5 rings (SSSR count).